The molecule has 1 atom stereocenters. The van der Waals surface area contributed by atoms with Crippen LogP contribution in [0, 0.1) is 11.8 Å². The highest BCUT2D eigenvalue weighted by atomic mass is 16.5. The van der Waals surface area contributed by atoms with Crippen molar-refractivity contribution in [2.24, 2.45) is 11.8 Å². The minimum absolute atomic E-state index is 0.00666. The number of rotatable bonds is 11. The van der Waals surface area contributed by atoms with E-state index in [1.165, 1.54) is 0 Å². The third kappa shape index (κ3) is 7.01. The Morgan fingerprint density at radius 3 is 2.60 bits per heavy atom. The molecule has 1 fully saturated rings. The van der Waals surface area contributed by atoms with E-state index < -0.39 is 0 Å². The van der Waals surface area contributed by atoms with Gasteiger partial charge in [-0.1, -0.05) is 33.6 Å². The summed E-state index contributed by atoms with van der Waals surface area (Å²) in [5.41, 5.74) is 2.23. The number of methoxy groups -OCH3 is 1. The van der Waals surface area contributed by atoms with Gasteiger partial charge in [-0.15, -0.1) is 0 Å². The van der Waals surface area contributed by atoms with E-state index >= 15 is 0 Å². The molecule has 1 aromatic carbocycles. The predicted molar refractivity (Wildman–Crippen MR) is 123 cm³/mol. The molecule has 30 heavy (non-hydrogen) atoms. The fourth-order valence-corrected chi connectivity index (χ4v) is 3.90. The van der Waals surface area contributed by atoms with Crippen LogP contribution in [0.25, 0.3) is 0 Å². The number of carbonyl (C=O) groups excluding carboxylic acids is 2. The smallest absolute Gasteiger partial charge is 0.253 e. The Bertz CT molecular complexity index is 684. The molecule has 0 unspecified atom stereocenters. The van der Waals surface area contributed by atoms with Crippen molar-refractivity contribution in [1.29, 1.82) is 0 Å². The lowest BCUT2D eigenvalue weighted by atomic mass is 9.97. The van der Waals surface area contributed by atoms with Crippen LogP contribution in [-0.4, -0.2) is 45.2 Å². The highest BCUT2D eigenvalue weighted by molar-refractivity contribution is 6.02. The number of carbonyl (C=O) groups is 2. The first kappa shape index (κ1) is 24.2. The monoisotopic (exact) mass is 417 g/mol. The molecule has 2 amide bonds. The van der Waals surface area contributed by atoms with Crippen molar-refractivity contribution in [3.63, 3.8) is 0 Å². The number of hydrogen-bond acceptors (Lipinski definition) is 4. The SMILES string of the molecule is CCCC[C@@H](CC)C(=O)Nc1ccc(N2CCC(C)CC2)c(C(=O)NCCOC)c1. The van der Waals surface area contributed by atoms with Gasteiger partial charge in [0.05, 0.1) is 12.2 Å². The van der Waals surface area contributed by atoms with Gasteiger partial charge in [-0.05, 0) is 49.8 Å². The van der Waals surface area contributed by atoms with Crippen molar-refractivity contribution in [2.45, 2.75) is 59.3 Å². The average molecular weight is 418 g/mol. The van der Waals surface area contributed by atoms with Crippen LogP contribution in [0.2, 0.25) is 0 Å². The second-order valence-electron chi connectivity index (χ2n) is 8.39. The van der Waals surface area contributed by atoms with Gasteiger partial charge in [-0.25, -0.2) is 0 Å². The summed E-state index contributed by atoms with van der Waals surface area (Å²) in [6.07, 6.45) is 6.09. The lowest BCUT2D eigenvalue weighted by molar-refractivity contribution is -0.120. The van der Waals surface area contributed by atoms with Gasteiger partial charge in [0, 0.05) is 44.0 Å². The lowest BCUT2D eigenvalue weighted by Gasteiger charge is -2.33. The van der Waals surface area contributed by atoms with Crippen LogP contribution in [-0.2, 0) is 9.53 Å². The van der Waals surface area contributed by atoms with Crippen LogP contribution in [0.4, 0.5) is 11.4 Å². The van der Waals surface area contributed by atoms with Crippen molar-refractivity contribution in [3.8, 4) is 0 Å². The van der Waals surface area contributed by atoms with Crippen molar-refractivity contribution < 1.29 is 14.3 Å². The fourth-order valence-electron chi connectivity index (χ4n) is 3.90. The Hall–Kier alpha value is -2.08. The van der Waals surface area contributed by atoms with Crippen LogP contribution in [0.5, 0.6) is 0 Å². The standard InChI is InChI=1S/C24H39N3O3/c1-5-7-8-19(6-2)23(28)26-20-9-10-22(27-14-11-18(3)12-15-27)21(17-20)24(29)25-13-16-30-4/h9-10,17-19H,5-8,11-16H2,1-4H3,(H,25,29)(H,26,28)/t19-/m1/s1. The van der Waals surface area contributed by atoms with Crippen LogP contribution in [0.15, 0.2) is 18.2 Å². The summed E-state index contributed by atoms with van der Waals surface area (Å²) in [5.74, 6) is 0.631. The van der Waals surface area contributed by atoms with E-state index in [2.05, 4.69) is 36.3 Å². The molecule has 0 radical (unpaired) electrons. The molecular weight excluding hydrogens is 378 g/mol. The Morgan fingerprint density at radius 2 is 1.97 bits per heavy atom. The number of piperidine rings is 1. The molecule has 2 rings (SSSR count). The number of ether oxygens (including phenoxy) is 1. The first-order valence-corrected chi connectivity index (χ1v) is 11.5. The third-order valence-electron chi connectivity index (χ3n) is 5.99. The van der Waals surface area contributed by atoms with E-state index in [9.17, 15) is 9.59 Å². The van der Waals surface area contributed by atoms with Gasteiger partial charge >= 0.3 is 0 Å². The molecule has 6 heteroatoms. The third-order valence-corrected chi connectivity index (χ3v) is 5.99. The number of nitrogens with zero attached hydrogens (tertiary/aromatic N) is 1. The van der Waals surface area contributed by atoms with E-state index in [1.807, 2.05) is 18.2 Å². The molecule has 0 bridgehead atoms. The zero-order valence-electron chi connectivity index (χ0n) is 19.1. The molecule has 1 aliphatic heterocycles. The van der Waals surface area contributed by atoms with Gasteiger partial charge in [0.15, 0.2) is 0 Å². The van der Waals surface area contributed by atoms with Gasteiger partial charge in [-0.2, -0.15) is 0 Å². The van der Waals surface area contributed by atoms with Crippen molar-refractivity contribution in [2.75, 3.05) is 43.6 Å². The largest absolute Gasteiger partial charge is 0.383 e. The molecule has 168 valence electrons. The highest BCUT2D eigenvalue weighted by Crippen LogP contribution is 2.29. The summed E-state index contributed by atoms with van der Waals surface area (Å²) in [7, 11) is 1.62. The van der Waals surface area contributed by atoms with Crippen molar-refractivity contribution in [1.82, 2.24) is 5.32 Å². The van der Waals surface area contributed by atoms with Crippen molar-refractivity contribution >= 4 is 23.2 Å². The van der Waals surface area contributed by atoms with Crippen LogP contribution in [0.1, 0.15) is 69.7 Å². The second-order valence-corrected chi connectivity index (χ2v) is 8.39. The summed E-state index contributed by atoms with van der Waals surface area (Å²) in [4.78, 5) is 27.9. The van der Waals surface area contributed by atoms with Crippen LogP contribution >= 0.6 is 0 Å². The molecule has 1 aromatic rings. The molecule has 1 saturated heterocycles. The molecule has 1 aliphatic rings. The summed E-state index contributed by atoms with van der Waals surface area (Å²) < 4.78 is 5.05. The zero-order valence-corrected chi connectivity index (χ0v) is 19.1. The molecule has 0 aromatic heterocycles. The second kappa shape index (κ2) is 12.6. The fraction of sp³-hybridized carbons (Fsp3) is 0.667. The molecule has 0 aliphatic carbocycles. The minimum atomic E-state index is -0.130. The number of benzene rings is 1. The first-order valence-electron chi connectivity index (χ1n) is 11.5. The zero-order chi connectivity index (χ0) is 21.9. The number of anilines is 2. The molecule has 2 N–H and O–H groups in total. The average Bonchev–Trinajstić information content (AvgIpc) is 2.75. The molecule has 0 saturated carbocycles. The Morgan fingerprint density at radius 1 is 1.23 bits per heavy atom. The Balaban J connectivity index is 2.20. The van der Waals surface area contributed by atoms with E-state index in [0.29, 0.717) is 30.3 Å². The van der Waals surface area contributed by atoms with E-state index in [-0.39, 0.29) is 17.7 Å². The maximum atomic E-state index is 12.9. The van der Waals surface area contributed by atoms with E-state index in [1.54, 1.807) is 7.11 Å². The maximum absolute atomic E-state index is 12.9. The predicted octanol–water partition coefficient (Wildman–Crippen LogP) is 4.45. The van der Waals surface area contributed by atoms with Gasteiger partial charge in [0.2, 0.25) is 5.91 Å². The number of amides is 2. The Labute approximate surface area is 181 Å². The molecule has 1 heterocycles. The van der Waals surface area contributed by atoms with Crippen molar-refractivity contribution in [3.05, 3.63) is 23.8 Å². The van der Waals surface area contributed by atoms with Gasteiger partial charge in [-0.3, -0.25) is 9.59 Å². The van der Waals surface area contributed by atoms with Gasteiger partial charge < -0.3 is 20.3 Å². The number of hydrogen-bond donors (Lipinski definition) is 2. The summed E-state index contributed by atoms with van der Waals surface area (Å²) >= 11 is 0. The molecular formula is C24H39N3O3. The quantitative estimate of drug-likeness (QED) is 0.522. The van der Waals surface area contributed by atoms with E-state index in [4.69, 9.17) is 4.74 Å². The lowest BCUT2D eigenvalue weighted by Crippen LogP contribution is -2.35. The number of unbranched alkanes of at least 4 members (excludes halogenated alkanes) is 1. The highest BCUT2D eigenvalue weighted by Gasteiger charge is 2.22. The molecule has 6 nitrogen and oxygen atoms in total. The van der Waals surface area contributed by atoms with Crippen LogP contribution in [0.3, 0.4) is 0 Å². The first-order chi connectivity index (χ1) is 14.5. The summed E-state index contributed by atoms with van der Waals surface area (Å²) in [6, 6.07) is 5.72. The number of nitrogens with one attached hydrogen (secondary N) is 2. The summed E-state index contributed by atoms with van der Waals surface area (Å²) in [6.45, 7) is 9.27. The van der Waals surface area contributed by atoms with Gasteiger partial charge in [0.25, 0.3) is 5.91 Å². The van der Waals surface area contributed by atoms with E-state index in [0.717, 1.165) is 57.3 Å². The maximum Gasteiger partial charge on any atom is 0.253 e. The Kier molecular flexibility index (Phi) is 10.1. The van der Waals surface area contributed by atoms with Crippen LogP contribution < -0.4 is 15.5 Å². The minimum Gasteiger partial charge on any atom is -0.383 e. The normalized spacial score (nSPS) is 15.7. The van der Waals surface area contributed by atoms with Gasteiger partial charge in [0.1, 0.15) is 0 Å². The molecule has 0 spiro atoms. The summed E-state index contributed by atoms with van der Waals surface area (Å²) in [5, 5.41) is 5.97. The topological polar surface area (TPSA) is 70.7 Å².